The van der Waals surface area contributed by atoms with E-state index in [4.69, 9.17) is 4.42 Å². The maximum atomic E-state index is 13.8. The summed E-state index contributed by atoms with van der Waals surface area (Å²) in [5, 5.41) is 10.0. The van der Waals surface area contributed by atoms with Crippen LogP contribution in [0.25, 0.3) is 11.3 Å². The highest BCUT2D eigenvalue weighted by Crippen LogP contribution is 2.39. The summed E-state index contributed by atoms with van der Waals surface area (Å²) in [5.74, 6) is 1.43. The molecule has 0 atom stereocenters. The Hall–Kier alpha value is -2.40. The van der Waals surface area contributed by atoms with Crippen LogP contribution in [0.1, 0.15) is 75.8 Å². The second-order valence-corrected chi connectivity index (χ2v) is 9.37. The normalized spacial score (nSPS) is 26.4. The van der Waals surface area contributed by atoms with E-state index in [1.54, 1.807) is 0 Å². The zero-order chi connectivity index (χ0) is 22.0. The van der Waals surface area contributed by atoms with Gasteiger partial charge in [-0.15, -0.1) is 0 Å². The highest BCUT2D eigenvalue weighted by Gasteiger charge is 2.37. The van der Waals surface area contributed by atoms with Gasteiger partial charge in [0.25, 0.3) is 0 Å². The molecule has 2 aliphatic rings. The minimum atomic E-state index is -0.305. The van der Waals surface area contributed by atoms with Crippen LogP contribution in [0.15, 0.2) is 40.8 Å². The van der Waals surface area contributed by atoms with Crippen LogP contribution in [0, 0.1) is 11.8 Å². The minimum Gasteiger partial charge on any atom is -0.451 e. The summed E-state index contributed by atoms with van der Waals surface area (Å²) in [6.45, 7) is 3.74. The molecule has 0 unspecified atom stereocenters. The molecular formula is C26H33NO4. The van der Waals surface area contributed by atoms with Gasteiger partial charge in [0.1, 0.15) is 5.76 Å². The van der Waals surface area contributed by atoms with E-state index < -0.39 is 0 Å². The predicted molar refractivity (Wildman–Crippen MR) is 121 cm³/mol. The highest BCUT2D eigenvalue weighted by atomic mass is 16.4. The molecule has 2 aliphatic carbocycles. The molecule has 0 bridgehead atoms. The van der Waals surface area contributed by atoms with E-state index in [1.807, 2.05) is 41.3 Å². The number of carbonyl (C=O) groups excluding carboxylic acids is 2. The molecule has 2 aromatic rings. The maximum absolute atomic E-state index is 13.8. The zero-order valence-corrected chi connectivity index (χ0v) is 18.5. The number of aliphatic hydroxyl groups excluding tert-OH is 1. The van der Waals surface area contributed by atoms with Crippen molar-refractivity contribution >= 4 is 17.4 Å². The molecule has 1 aromatic carbocycles. The first kappa shape index (κ1) is 21.8. The molecule has 0 saturated heterocycles. The van der Waals surface area contributed by atoms with Gasteiger partial charge in [-0.1, -0.05) is 37.3 Å². The third-order valence-corrected chi connectivity index (χ3v) is 6.98. The SMILES string of the molecule is CC(=O)c1oc(-c2ccccc2)cc1N(C(=O)[C@H]1CC[C@H](C)CC1)[C@H]1CC[C@@H](O)CC1. The van der Waals surface area contributed by atoms with E-state index in [9.17, 15) is 14.7 Å². The third-order valence-electron chi connectivity index (χ3n) is 6.98. The summed E-state index contributed by atoms with van der Waals surface area (Å²) in [4.78, 5) is 28.2. The molecule has 5 heteroatoms. The Labute approximate surface area is 184 Å². The molecule has 0 radical (unpaired) electrons. The van der Waals surface area contributed by atoms with E-state index in [2.05, 4.69) is 6.92 Å². The number of hydrogen-bond acceptors (Lipinski definition) is 4. The molecule has 2 saturated carbocycles. The quantitative estimate of drug-likeness (QED) is 0.634. The Kier molecular flexibility index (Phi) is 6.61. The van der Waals surface area contributed by atoms with Crippen molar-refractivity contribution in [1.29, 1.82) is 0 Å². The molecule has 0 spiro atoms. The van der Waals surface area contributed by atoms with Gasteiger partial charge < -0.3 is 14.4 Å². The van der Waals surface area contributed by atoms with Gasteiger partial charge in [0.15, 0.2) is 11.5 Å². The van der Waals surface area contributed by atoms with Crippen LogP contribution in [0.3, 0.4) is 0 Å². The topological polar surface area (TPSA) is 70.8 Å². The summed E-state index contributed by atoms with van der Waals surface area (Å²) in [6, 6.07) is 11.5. The second kappa shape index (κ2) is 9.39. The lowest BCUT2D eigenvalue weighted by atomic mass is 9.81. The third kappa shape index (κ3) is 4.77. The average molecular weight is 424 g/mol. The van der Waals surface area contributed by atoms with E-state index in [1.165, 1.54) is 6.92 Å². The fourth-order valence-corrected chi connectivity index (χ4v) is 5.07. The predicted octanol–water partition coefficient (Wildman–Crippen LogP) is 5.61. The molecular weight excluding hydrogens is 390 g/mol. The first-order valence-corrected chi connectivity index (χ1v) is 11.7. The van der Waals surface area contributed by atoms with Crippen LogP contribution in [-0.2, 0) is 4.79 Å². The van der Waals surface area contributed by atoms with E-state index in [-0.39, 0.29) is 35.5 Å². The number of aliphatic hydroxyl groups is 1. The minimum absolute atomic E-state index is 0.0158. The number of ketones is 1. The van der Waals surface area contributed by atoms with Crippen molar-refractivity contribution in [2.45, 2.75) is 77.4 Å². The van der Waals surface area contributed by atoms with E-state index in [0.717, 1.165) is 44.1 Å². The summed E-state index contributed by atoms with van der Waals surface area (Å²) in [6.07, 6.45) is 6.43. The lowest BCUT2D eigenvalue weighted by Gasteiger charge is -2.38. The van der Waals surface area contributed by atoms with Crippen LogP contribution in [0.2, 0.25) is 0 Å². The lowest BCUT2D eigenvalue weighted by molar-refractivity contribution is -0.124. The van der Waals surface area contributed by atoms with Crippen molar-refractivity contribution in [2.75, 3.05) is 4.90 Å². The Morgan fingerprint density at radius 2 is 1.61 bits per heavy atom. The number of amides is 1. The number of nitrogens with zero attached hydrogens (tertiary/aromatic N) is 1. The van der Waals surface area contributed by atoms with Gasteiger partial charge in [-0.3, -0.25) is 9.59 Å². The smallest absolute Gasteiger partial charge is 0.230 e. The van der Waals surface area contributed by atoms with Gasteiger partial charge in [-0.25, -0.2) is 0 Å². The number of furan rings is 1. The summed E-state index contributed by atoms with van der Waals surface area (Å²) in [7, 11) is 0. The van der Waals surface area contributed by atoms with Crippen LogP contribution in [0.4, 0.5) is 5.69 Å². The Balaban J connectivity index is 1.73. The number of hydrogen-bond donors (Lipinski definition) is 1. The molecule has 1 heterocycles. The Bertz CT molecular complexity index is 903. The zero-order valence-electron chi connectivity index (χ0n) is 18.5. The first-order chi connectivity index (χ1) is 14.9. The van der Waals surface area contributed by atoms with Gasteiger partial charge in [0.05, 0.1) is 11.8 Å². The van der Waals surface area contributed by atoms with Crippen molar-refractivity contribution in [1.82, 2.24) is 0 Å². The van der Waals surface area contributed by atoms with Crippen molar-refractivity contribution in [3.63, 3.8) is 0 Å². The van der Waals surface area contributed by atoms with Crippen LogP contribution in [0.5, 0.6) is 0 Å². The van der Waals surface area contributed by atoms with Gasteiger partial charge in [-0.2, -0.15) is 0 Å². The van der Waals surface area contributed by atoms with E-state index in [0.29, 0.717) is 30.2 Å². The lowest BCUT2D eigenvalue weighted by Crippen LogP contribution is -2.47. The molecule has 4 rings (SSSR count). The van der Waals surface area contributed by atoms with Crippen LogP contribution < -0.4 is 4.90 Å². The highest BCUT2D eigenvalue weighted by molar-refractivity contribution is 6.04. The molecule has 166 valence electrons. The number of anilines is 1. The summed E-state index contributed by atoms with van der Waals surface area (Å²) in [5.41, 5.74) is 1.48. The molecule has 2 fully saturated rings. The fraction of sp³-hybridized carbons (Fsp3) is 0.538. The summed E-state index contributed by atoms with van der Waals surface area (Å²) >= 11 is 0. The van der Waals surface area contributed by atoms with Gasteiger partial charge in [-0.05, 0) is 57.3 Å². The van der Waals surface area contributed by atoms with Crippen molar-refractivity contribution in [3.8, 4) is 11.3 Å². The number of Topliss-reactive ketones (excluding diaryl/α,β-unsaturated/α-hetero) is 1. The monoisotopic (exact) mass is 423 g/mol. The number of benzene rings is 1. The van der Waals surface area contributed by atoms with Gasteiger partial charge in [0, 0.05) is 30.5 Å². The summed E-state index contributed by atoms with van der Waals surface area (Å²) < 4.78 is 6.02. The Morgan fingerprint density at radius 3 is 2.23 bits per heavy atom. The molecule has 5 nitrogen and oxygen atoms in total. The van der Waals surface area contributed by atoms with Gasteiger partial charge in [0.2, 0.25) is 5.91 Å². The number of carbonyl (C=O) groups is 2. The Morgan fingerprint density at radius 1 is 0.968 bits per heavy atom. The van der Waals surface area contributed by atoms with E-state index >= 15 is 0 Å². The second-order valence-electron chi connectivity index (χ2n) is 9.37. The molecule has 1 N–H and O–H groups in total. The van der Waals surface area contributed by atoms with Crippen LogP contribution in [-0.4, -0.2) is 28.9 Å². The molecule has 1 aromatic heterocycles. The maximum Gasteiger partial charge on any atom is 0.230 e. The average Bonchev–Trinajstić information content (AvgIpc) is 3.22. The van der Waals surface area contributed by atoms with Gasteiger partial charge >= 0.3 is 0 Å². The fourth-order valence-electron chi connectivity index (χ4n) is 5.07. The molecule has 1 amide bonds. The van der Waals surface area contributed by atoms with Crippen molar-refractivity contribution < 1.29 is 19.1 Å². The molecule has 31 heavy (non-hydrogen) atoms. The first-order valence-electron chi connectivity index (χ1n) is 11.7. The standard InChI is InChI=1S/C26H33NO4/c1-17-8-10-20(11-9-17)26(30)27(21-12-14-22(29)15-13-21)23-16-24(31-25(23)18(2)28)19-6-4-3-5-7-19/h3-7,16-17,20-22,29H,8-15H2,1-2H3/t17-,20-,21-,22+. The van der Waals surface area contributed by atoms with Crippen molar-refractivity contribution in [2.24, 2.45) is 11.8 Å². The number of rotatable bonds is 5. The van der Waals surface area contributed by atoms with Crippen LogP contribution >= 0.6 is 0 Å². The molecule has 0 aliphatic heterocycles. The largest absolute Gasteiger partial charge is 0.451 e. The van der Waals surface area contributed by atoms with Crippen molar-refractivity contribution in [3.05, 3.63) is 42.2 Å².